The van der Waals surface area contributed by atoms with Crippen LogP contribution in [0, 0.1) is 5.92 Å². The van der Waals surface area contributed by atoms with E-state index in [-0.39, 0.29) is 0 Å². The van der Waals surface area contributed by atoms with Crippen LogP contribution in [0.4, 0.5) is 8.78 Å². The molecular formula is C9H17F2N. The Morgan fingerprint density at radius 3 is 2.42 bits per heavy atom. The summed E-state index contributed by atoms with van der Waals surface area (Å²) < 4.78 is 26.7. The zero-order valence-corrected chi connectivity index (χ0v) is 7.74. The maximum Gasteiger partial charge on any atom is 0.265 e. The highest BCUT2D eigenvalue weighted by molar-refractivity contribution is 4.87. The lowest BCUT2D eigenvalue weighted by molar-refractivity contribution is -0.0840. The Kier molecular flexibility index (Phi) is 3.04. The summed E-state index contributed by atoms with van der Waals surface area (Å²) in [6.07, 6.45) is 2.58. The van der Waals surface area contributed by atoms with Crippen LogP contribution in [0.15, 0.2) is 0 Å². The van der Waals surface area contributed by atoms with Gasteiger partial charge in [-0.3, -0.25) is 0 Å². The van der Waals surface area contributed by atoms with Crippen molar-refractivity contribution in [3.05, 3.63) is 0 Å². The number of hydrogen-bond acceptors (Lipinski definition) is 1. The summed E-state index contributed by atoms with van der Waals surface area (Å²) in [6, 6.07) is -0.591. The van der Waals surface area contributed by atoms with Gasteiger partial charge in [-0.1, -0.05) is 20.3 Å². The molecule has 1 nitrogen and oxygen atoms in total. The molecule has 1 rings (SSSR count). The van der Waals surface area contributed by atoms with Crippen LogP contribution in [-0.2, 0) is 0 Å². The second-order valence-corrected chi connectivity index (χ2v) is 3.83. The van der Waals surface area contributed by atoms with Gasteiger partial charge in [0.2, 0.25) is 0 Å². The number of hydrogen-bond donors (Lipinski definition) is 1. The molecule has 0 radical (unpaired) electrons. The number of halogens is 2. The van der Waals surface area contributed by atoms with Gasteiger partial charge in [-0.05, 0) is 19.4 Å². The second kappa shape index (κ2) is 3.69. The minimum atomic E-state index is -2.54. The molecule has 0 aromatic rings. The quantitative estimate of drug-likeness (QED) is 0.683. The first kappa shape index (κ1) is 9.90. The Hall–Kier alpha value is -0.180. The zero-order chi connectivity index (χ0) is 9.19. The number of alkyl halides is 2. The molecule has 0 aromatic heterocycles. The van der Waals surface area contributed by atoms with E-state index in [0.717, 1.165) is 19.4 Å². The lowest BCUT2D eigenvalue weighted by atomic mass is 9.92. The van der Waals surface area contributed by atoms with Gasteiger partial charge in [0.15, 0.2) is 0 Å². The smallest absolute Gasteiger partial charge is 0.265 e. The van der Waals surface area contributed by atoms with Gasteiger partial charge >= 0.3 is 0 Å². The molecule has 1 saturated heterocycles. The summed E-state index contributed by atoms with van der Waals surface area (Å²) in [5, 5.41) is 2.89. The first-order valence-electron chi connectivity index (χ1n) is 4.66. The van der Waals surface area contributed by atoms with E-state index in [0.29, 0.717) is 6.42 Å². The molecule has 0 amide bonds. The Balaban J connectivity index is 2.53. The molecule has 1 fully saturated rings. The highest BCUT2D eigenvalue weighted by Crippen LogP contribution is 2.31. The van der Waals surface area contributed by atoms with Crippen molar-refractivity contribution in [3.8, 4) is 0 Å². The van der Waals surface area contributed by atoms with Crippen molar-refractivity contribution in [2.75, 3.05) is 6.54 Å². The van der Waals surface area contributed by atoms with E-state index >= 15 is 0 Å². The van der Waals surface area contributed by atoms with Crippen LogP contribution in [0.25, 0.3) is 0 Å². The zero-order valence-electron chi connectivity index (χ0n) is 7.74. The third-order valence-corrected chi connectivity index (χ3v) is 2.54. The lowest BCUT2D eigenvalue weighted by Gasteiger charge is -2.33. The Morgan fingerprint density at radius 1 is 1.33 bits per heavy atom. The molecule has 1 atom stereocenters. The van der Waals surface area contributed by atoms with E-state index in [4.69, 9.17) is 0 Å². The molecule has 1 aliphatic heterocycles. The summed E-state index contributed by atoms with van der Waals surface area (Å²) in [4.78, 5) is 0. The molecule has 3 heteroatoms. The molecule has 1 aliphatic rings. The molecular weight excluding hydrogens is 160 g/mol. The molecule has 72 valence electrons. The first-order chi connectivity index (χ1) is 5.55. The van der Waals surface area contributed by atoms with Crippen molar-refractivity contribution in [2.45, 2.75) is 45.1 Å². The summed E-state index contributed by atoms with van der Waals surface area (Å²) in [7, 11) is 0. The van der Waals surface area contributed by atoms with Crippen molar-refractivity contribution in [3.63, 3.8) is 0 Å². The first-order valence-corrected chi connectivity index (χ1v) is 4.66. The van der Waals surface area contributed by atoms with Crippen LogP contribution in [0.3, 0.4) is 0 Å². The summed E-state index contributed by atoms with van der Waals surface area (Å²) in [5.74, 6) is -3.10. The van der Waals surface area contributed by atoms with E-state index in [2.05, 4.69) is 5.32 Å². The van der Waals surface area contributed by atoms with Gasteiger partial charge in [0.1, 0.15) is 0 Å². The highest BCUT2D eigenvalue weighted by Gasteiger charge is 2.42. The predicted molar refractivity (Wildman–Crippen MR) is 45.4 cm³/mol. The van der Waals surface area contributed by atoms with Crippen molar-refractivity contribution in [1.82, 2.24) is 5.32 Å². The number of piperidine rings is 1. The van der Waals surface area contributed by atoms with Crippen molar-refractivity contribution in [2.24, 2.45) is 5.92 Å². The van der Waals surface area contributed by atoms with Crippen LogP contribution in [-0.4, -0.2) is 18.5 Å². The summed E-state index contributed by atoms with van der Waals surface area (Å²) in [5.41, 5.74) is 0. The van der Waals surface area contributed by atoms with Crippen molar-refractivity contribution in [1.29, 1.82) is 0 Å². The Labute approximate surface area is 72.5 Å². The molecule has 1 unspecified atom stereocenters. The average Bonchev–Trinajstić information content (AvgIpc) is 2.06. The fourth-order valence-electron chi connectivity index (χ4n) is 1.58. The van der Waals surface area contributed by atoms with Crippen LogP contribution in [0.5, 0.6) is 0 Å². The maximum atomic E-state index is 13.4. The molecule has 0 aromatic carbocycles. The molecule has 1 heterocycles. The van der Waals surface area contributed by atoms with Crippen LogP contribution >= 0.6 is 0 Å². The third kappa shape index (κ3) is 1.94. The van der Waals surface area contributed by atoms with Gasteiger partial charge in [-0.25, -0.2) is 8.78 Å². The van der Waals surface area contributed by atoms with E-state index in [1.165, 1.54) is 0 Å². The molecule has 0 bridgehead atoms. The minimum Gasteiger partial charge on any atom is -0.309 e. The van der Waals surface area contributed by atoms with E-state index in [1.54, 1.807) is 13.8 Å². The fourth-order valence-corrected chi connectivity index (χ4v) is 1.58. The molecule has 0 spiro atoms. The monoisotopic (exact) mass is 177 g/mol. The number of rotatable bonds is 2. The van der Waals surface area contributed by atoms with Crippen LogP contribution < -0.4 is 5.32 Å². The minimum absolute atomic E-state index is 0.562. The molecule has 0 aliphatic carbocycles. The highest BCUT2D eigenvalue weighted by atomic mass is 19.3. The van der Waals surface area contributed by atoms with Gasteiger partial charge in [0.05, 0.1) is 6.04 Å². The largest absolute Gasteiger partial charge is 0.309 e. The lowest BCUT2D eigenvalue weighted by Crippen LogP contribution is -2.50. The topological polar surface area (TPSA) is 12.0 Å². The van der Waals surface area contributed by atoms with Crippen molar-refractivity contribution >= 4 is 0 Å². The average molecular weight is 177 g/mol. The SMILES string of the molecule is CC(C)C(F)(F)C1CCCCN1. The standard InChI is InChI=1S/C9H17F2N/c1-7(2)9(10,11)8-5-3-4-6-12-8/h7-8,12H,3-6H2,1-2H3. The Morgan fingerprint density at radius 2 is 2.00 bits per heavy atom. The Bertz CT molecular complexity index is 139. The van der Waals surface area contributed by atoms with Gasteiger partial charge < -0.3 is 5.32 Å². The fraction of sp³-hybridized carbons (Fsp3) is 1.00. The molecule has 0 saturated carbocycles. The normalized spacial score (nSPS) is 26.2. The van der Waals surface area contributed by atoms with Gasteiger partial charge in [-0.15, -0.1) is 0 Å². The summed E-state index contributed by atoms with van der Waals surface area (Å²) in [6.45, 7) is 3.90. The number of nitrogens with one attached hydrogen (secondary N) is 1. The predicted octanol–water partition coefficient (Wildman–Crippen LogP) is 2.42. The van der Waals surface area contributed by atoms with Crippen molar-refractivity contribution < 1.29 is 8.78 Å². The second-order valence-electron chi connectivity index (χ2n) is 3.83. The van der Waals surface area contributed by atoms with Gasteiger partial charge in [0, 0.05) is 5.92 Å². The molecule has 1 N–H and O–H groups in total. The van der Waals surface area contributed by atoms with Crippen LogP contribution in [0.1, 0.15) is 33.1 Å². The van der Waals surface area contributed by atoms with E-state index in [9.17, 15) is 8.78 Å². The summed E-state index contributed by atoms with van der Waals surface area (Å²) >= 11 is 0. The van der Waals surface area contributed by atoms with Gasteiger partial charge in [0.25, 0.3) is 5.92 Å². The maximum absolute atomic E-state index is 13.4. The third-order valence-electron chi connectivity index (χ3n) is 2.54. The van der Waals surface area contributed by atoms with Gasteiger partial charge in [-0.2, -0.15) is 0 Å². The molecule has 12 heavy (non-hydrogen) atoms. The van der Waals surface area contributed by atoms with E-state index < -0.39 is 17.9 Å². The van der Waals surface area contributed by atoms with E-state index in [1.807, 2.05) is 0 Å². The van der Waals surface area contributed by atoms with Crippen LogP contribution in [0.2, 0.25) is 0 Å².